The summed E-state index contributed by atoms with van der Waals surface area (Å²) in [4.78, 5) is 74.6. The average molecular weight is 920 g/mol. The van der Waals surface area contributed by atoms with Crippen molar-refractivity contribution in [1.29, 1.82) is 0 Å². The van der Waals surface area contributed by atoms with Crippen LogP contribution in [0.2, 0.25) is 0 Å². The number of aromatic nitrogens is 5. The fourth-order valence-corrected chi connectivity index (χ4v) is 11.6. The van der Waals surface area contributed by atoms with Crippen LogP contribution in [-0.2, 0) is 28.3 Å². The van der Waals surface area contributed by atoms with E-state index in [9.17, 15) is 24.3 Å². The molecule has 3 aromatic heterocycles. The number of benzene rings is 2. The lowest BCUT2D eigenvalue weighted by atomic mass is 9.71. The van der Waals surface area contributed by atoms with E-state index in [-0.39, 0.29) is 29.7 Å². The summed E-state index contributed by atoms with van der Waals surface area (Å²) in [7, 11) is 0. The maximum atomic E-state index is 13.6. The number of aliphatic hydroxyl groups is 1. The minimum atomic E-state index is -1.11. The summed E-state index contributed by atoms with van der Waals surface area (Å²) >= 11 is 0. The van der Waals surface area contributed by atoms with Crippen molar-refractivity contribution < 1.29 is 19.5 Å². The predicted octanol–water partition coefficient (Wildman–Crippen LogP) is 6.03. The molecule has 9 heterocycles. The van der Waals surface area contributed by atoms with Gasteiger partial charge in [0.15, 0.2) is 11.5 Å². The molecule has 2 aromatic carbocycles. The maximum Gasteiger partial charge on any atom is 0.278 e. The van der Waals surface area contributed by atoms with Gasteiger partial charge in [0.05, 0.1) is 12.2 Å². The number of carbonyl (C=O) groups excluding carboxylic acids is 3. The Balaban J connectivity index is 0.645. The highest BCUT2D eigenvalue weighted by Crippen LogP contribution is 2.43. The van der Waals surface area contributed by atoms with Crippen molar-refractivity contribution in [3.63, 3.8) is 0 Å². The summed E-state index contributed by atoms with van der Waals surface area (Å²) in [6.45, 7) is 10.1. The number of rotatable bonds is 8. The van der Waals surface area contributed by atoms with Crippen molar-refractivity contribution in [2.75, 3.05) is 60.9 Å². The summed E-state index contributed by atoms with van der Waals surface area (Å²) in [6.07, 6.45) is 15.8. The molecule has 11 rings (SSSR count). The van der Waals surface area contributed by atoms with Gasteiger partial charge in [-0.05, 0) is 156 Å². The quantitative estimate of drug-likeness (QED) is 0.122. The summed E-state index contributed by atoms with van der Waals surface area (Å²) in [6, 6.07) is 19.6. The van der Waals surface area contributed by atoms with Gasteiger partial charge in [0.25, 0.3) is 11.5 Å². The first-order valence-corrected chi connectivity index (χ1v) is 24.7. The molecule has 6 aliphatic rings. The first-order valence-electron chi connectivity index (χ1n) is 24.7. The van der Waals surface area contributed by atoms with Gasteiger partial charge in [-0.25, -0.2) is 19.3 Å². The minimum Gasteiger partial charge on any atom is -0.384 e. The highest BCUT2D eigenvalue weighted by molar-refractivity contribution is 6.05. The number of nitrogens with zero attached hydrogens (tertiary/aromatic N) is 9. The first kappa shape index (κ1) is 44.1. The molecule has 1 spiro atoms. The first-order chi connectivity index (χ1) is 33.0. The van der Waals surface area contributed by atoms with E-state index in [1.807, 2.05) is 42.5 Å². The van der Waals surface area contributed by atoms with E-state index < -0.39 is 11.6 Å². The molecule has 4 saturated heterocycles. The number of imide groups is 1. The Morgan fingerprint density at radius 1 is 0.824 bits per heavy atom. The van der Waals surface area contributed by atoms with Gasteiger partial charge in [-0.3, -0.25) is 24.5 Å². The lowest BCUT2D eigenvalue weighted by Gasteiger charge is -2.47. The zero-order valence-corrected chi connectivity index (χ0v) is 38.9. The molecule has 0 saturated carbocycles. The lowest BCUT2D eigenvalue weighted by molar-refractivity contribution is -0.136. The third kappa shape index (κ3) is 8.57. The molecular formula is C52H61N11O5. The van der Waals surface area contributed by atoms with Crippen LogP contribution in [0.4, 0.5) is 23.0 Å². The number of hydrogen-bond donors (Lipinski definition) is 3. The Hall–Kier alpha value is -6.39. The Morgan fingerprint density at radius 3 is 2.35 bits per heavy atom. The van der Waals surface area contributed by atoms with Crippen LogP contribution in [0.15, 0.2) is 83.8 Å². The molecule has 3 amide bonds. The Bertz CT molecular complexity index is 2830. The fraction of sp³-hybridized carbons (Fsp3) is 0.481. The van der Waals surface area contributed by atoms with E-state index in [1.165, 1.54) is 50.9 Å². The van der Waals surface area contributed by atoms with E-state index in [0.29, 0.717) is 77.7 Å². The van der Waals surface area contributed by atoms with Crippen LogP contribution in [0, 0.1) is 11.3 Å². The van der Waals surface area contributed by atoms with Crippen molar-refractivity contribution >= 4 is 51.8 Å². The Kier molecular flexibility index (Phi) is 11.6. The zero-order chi connectivity index (χ0) is 46.6. The number of anilines is 4. The van der Waals surface area contributed by atoms with Crippen LogP contribution in [0.25, 0.3) is 16.9 Å². The van der Waals surface area contributed by atoms with E-state index in [1.54, 1.807) is 27.4 Å². The van der Waals surface area contributed by atoms with E-state index in [2.05, 4.69) is 60.6 Å². The molecule has 68 heavy (non-hydrogen) atoms. The molecule has 2 atom stereocenters. The van der Waals surface area contributed by atoms with Crippen molar-refractivity contribution in [3.8, 4) is 5.82 Å². The molecule has 0 aliphatic carbocycles. The van der Waals surface area contributed by atoms with Gasteiger partial charge in [-0.2, -0.15) is 4.98 Å². The zero-order valence-electron chi connectivity index (χ0n) is 38.9. The number of amides is 3. The largest absolute Gasteiger partial charge is 0.384 e. The number of fused-ring (bicyclic) bond motifs is 7. The van der Waals surface area contributed by atoms with Crippen molar-refractivity contribution in [2.24, 2.45) is 11.3 Å². The minimum absolute atomic E-state index is 0.113. The topological polar surface area (TPSA) is 174 Å². The molecule has 16 heteroatoms. The van der Waals surface area contributed by atoms with Crippen molar-refractivity contribution in [3.05, 3.63) is 106 Å². The maximum absolute atomic E-state index is 13.6. The second-order valence-electron chi connectivity index (χ2n) is 20.3. The molecule has 4 fully saturated rings. The van der Waals surface area contributed by atoms with E-state index in [0.717, 1.165) is 62.5 Å². The number of nitrogens with one attached hydrogen (secondary N) is 2. The normalized spacial score (nSPS) is 23.9. The number of piperidine rings is 4. The van der Waals surface area contributed by atoms with Crippen LogP contribution in [0.1, 0.15) is 99.2 Å². The SMILES string of the molecule is C[C@@]1(O)CC/C=C\Cn2c(=O)c3cnc(Nc4ccc(N5CCC6(CCN(CCC7CCN(c8ccc9c(c8)C(=O)N(C8CCC(=O)NC8=O)C9)CC7)CC6)CC5)cc4)nc3n2-c2cccc1n2. The molecule has 0 radical (unpaired) electrons. The smallest absolute Gasteiger partial charge is 0.278 e. The fourth-order valence-electron chi connectivity index (χ4n) is 11.6. The van der Waals surface area contributed by atoms with Gasteiger partial charge in [0.2, 0.25) is 17.8 Å². The Morgan fingerprint density at radius 2 is 1.57 bits per heavy atom. The molecule has 2 bridgehead atoms. The highest BCUT2D eigenvalue weighted by Gasteiger charge is 2.40. The average Bonchev–Trinajstić information content (AvgIpc) is 3.82. The van der Waals surface area contributed by atoms with Gasteiger partial charge in [0.1, 0.15) is 17.0 Å². The molecule has 16 nitrogen and oxygen atoms in total. The summed E-state index contributed by atoms with van der Waals surface area (Å²) in [5, 5.41) is 17.3. The van der Waals surface area contributed by atoms with Gasteiger partial charge in [-0.1, -0.05) is 24.3 Å². The van der Waals surface area contributed by atoms with Gasteiger partial charge < -0.3 is 30.0 Å². The van der Waals surface area contributed by atoms with Crippen LogP contribution in [0.5, 0.6) is 0 Å². The number of likely N-dealkylation sites (tertiary alicyclic amines) is 1. The predicted molar refractivity (Wildman–Crippen MR) is 260 cm³/mol. The number of carbonyl (C=O) groups is 3. The monoisotopic (exact) mass is 919 g/mol. The van der Waals surface area contributed by atoms with Gasteiger partial charge in [-0.15, -0.1) is 0 Å². The molecular weight excluding hydrogens is 859 g/mol. The number of pyridine rings is 1. The molecule has 3 N–H and O–H groups in total. The van der Waals surface area contributed by atoms with Crippen LogP contribution >= 0.6 is 0 Å². The van der Waals surface area contributed by atoms with Gasteiger partial charge in [0, 0.05) is 68.0 Å². The van der Waals surface area contributed by atoms with E-state index in [4.69, 9.17) is 9.97 Å². The van der Waals surface area contributed by atoms with Crippen molar-refractivity contribution in [2.45, 2.75) is 102 Å². The molecule has 1 unspecified atom stereocenters. The summed E-state index contributed by atoms with van der Waals surface area (Å²) < 4.78 is 3.35. The van der Waals surface area contributed by atoms with Crippen molar-refractivity contribution in [1.82, 2.24) is 39.4 Å². The highest BCUT2D eigenvalue weighted by atomic mass is 16.3. The second-order valence-corrected chi connectivity index (χ2v) is 20.3. The number of hydrogen-bond acceptors (Lipinski definition) is 12. The Labute approximate surface area is 396 Å². The molecule has 354 valence electrons. The van der Waals surface area contributed by atoms with Crippen LogP contribution in [-0.4, -0.2) is 109 Å². The van der Waals surface area contributed by atoms with E-state index >= 15 is 0 Å². The third-order valence-corrected chi connectivity index (χ3v) is 16.0. The van der Waals surface area contributed by atoms with Crippen LogP contribution < -0.4 is 26.0 Å². The molecule has 5 aromatic rings. The second kappa shape index (κ2) is 17.9. The number of allylic oxidation sites excluding steroid dienone is 2. The third-order valence-electron chi connectivity index (χ3n) is 16.0. The van der Waals surface area contributed by atoms with Crippen LogP contribution in [0.3, 0.4) is 0 Å². The lowest BCUT2D eigenvalue weighted by Crippen LogP contribution is -2.52. The standard InChI is InChI=1S/C52H61N11O5/c1-51(68)19-3-2-4-24-62-49(67)41-33-53-50(57-46(41)63(62)44-7-5-6-43(51)55-44)54-37-9-12-38(13-10-37)60-30-22-52(23-31-60)20-28-58(29-21-52)25-16-35-17-26-59(27-18-35)39-11-8-36-34-61(48(66)40(36)32-39)42-14-15-45(64)56-47(42)65/h2,4-13,32-33,35,42,68H,3,14-31,34H2,1H3,(H,53,54,57)(H,56,64,65)/b4-2-/t42?,51-/m1/s1. The summed E-state index contributed by atoms with van der Waals surface area (Å²) in [5.41, 5.74) is 4.89. The van der Waals surface area contributed by atoms with Gasteiger partial charge >= 0.3 is 0 Å². The summed E-state index contributed by atoms with van der Waals surface area (Å²) in [5.74, 6) is 0.841. The molecule has 6 aliphatic heterocycles.